The van der Waals surface area contributed by atoms with Crippen molar-refractivity contribution in [2.24, 2.45) is 33.3 Å². The van der Waals surface area contributed by atoms with E-state index in [1.54, 1.807) is 90.0 Å². The largest absolute Gasteiger partial charge is 3.00 e. The van der Waals surface area contributed by atoms with Crippen molar-refractivity contribution in [2.75, 3.05) is 0 Å². The van der Waals surface area contributed by atoms with Gasteiger partial charge in [-0.2, -0.15) is 20.7 Å². The van der Waals surface area contributed by atoms with E-state index in [1.807, 2.05) is 160 Å². The summed E-state index contributed by atoms with van der Waals surface area (Å²) in [5.74, 6) is 1.70. The normalized spacial score (nSPS) is 11.5. The summed E-state index contributed by atoms with van der Waals surface area (Å²) in [6.07, 6.45) is 44.5. The molecule has 20 nitrogen and oxygen atoms in total. The molecule has 0 atom stereocenters. The van der Waals surface area contributed by atoms with Crippen LogP contribution in [0.25, 0.3) is 49.8 Å². The molecule has 456 valence electrons. The van der Waals surface area contributed by atoms with Crippen LogP contribution in [0.2, 0.25) is 0 Å². The molecule has 25 heteroatoms. The summed E-state index contributed by atoms with van der Waals surface area (Å²) in [6.45, 7) is 8.48. The van der Waals surface area contributed by atoms with Crippen LogP contribution < -0.4 is 15.3 Å². The minimum atomic E-state index is 0. The second-order valence-corrected chi connectivity index (χ2v) is 20.8. The predicted octanol–water partition coefficient (Wildman–Crippen LogP) is 9.74. The van der Waals surface area contributed by atoms with Crippen molar-refractivity contribution in [3.8, 4) is 49.8 Å². The maximum atomic E-state index is 4.58. The fraction of sp³-hybridized carbons (Fsp3) is 0.125. The monoisotopic (exact) mass is 1750 g/mol. The molecule has 0 spiro atoms. The van der Waals surface area contributed by atoms with Gasteiger partial charge in [0.05, 0.1) is 12.1 Å². The molecule has 0 bridgehead atoms. The number of thiophene rings is 1. The van der Waals surface area contributed by atoms with Gasteiger partial charge in [-0.15, -0.1) is 36.3 Å². The third kappa shape index (κ3) is 17.5. The molecule has 11 aromatic heterocycles. The molecule has 2 radical (unpaired) electrons. The number of allylic oxidation sites excluding steroid dienone is 1. The molecule has 1 aliphatic rings. The van der Waals surface area contributed by atoms with Crippen molar-refractivity contribution in [3.63, 3.8) is 0 Å². The van der Waals surface area contributed by atoms with Crippen molar-refractivity contribution in [3.05, 3.63) is 278 Å². The standard InChI is InChI=1S/C16H16N3.C15H15N4.C13H11N4.C7H7N4.C7H5N2S.C6H4N3S.3Ir/c1-12-5-4-6-13(2)15(12)14-7-9-19(11-14)16-17-8-10-18(16)3;1-11-5-4-6-12(2)14(11)13-7-9-19(17-13)15-16-8-10-18(15)3;1-16-8-13(15-10-16)17-9-14-7-12(17)11-5-3-2-4-6-11;1-10-6-7(5-9-10)11-4-2-3-8-11;1-3-7(10-6-1)9-5-2-4-8-9;1-2-8-9(3-1)6-4-7-5-10-6;;;/h4-8,10-11H,1-3H3;4-8,10H,1-3H3;2-8,10H,1H3;2-5H,1H3;1-2,4-6H;1-3,5H;;;/q6*-1;;;+3. The van der Waals surface area contributed by atoms with E-state index in [1.165, 1.54) is 50.3 Å². The van der Waals surface area contributed by atoms with Crippen LogP contribution in [-0.4, -0.2) is 87.6 Å². The maximum absolute atomic E-state index is 4.58. The predicted molar refractivity (Wildman–Crippen MR) is 333 cm³/mol. The fourth-order valence-electron chi connectivity index (χ4n) is 8.83. The number of hydrazone groups is 1. The first-order valence-corrected chi connectivity index (χ1v) is 28.6. The zero-order chi connectivity index (χ0) is 59.8. The minimum Gasteiger partial charge on any atom is -0.446 e. The molecule has 0 unspecified atom stereocenters. The molecule has 0 saturated heterocycles. The Labute approximate surface area is 564 Å². The van der Waals surface area contributed by atoms with E-state index in [4.69, 9.17) is 0 Å². The Balaban J connectivity index is 0.000000154. The Kier molecular flexibility index (Phi) is 25.0. The third-order valence-electron chi connectivity index (χ3n) is 12.9. The zero-order valence-electron chi connectivity index (χ0n) is 49.4. The average Bonchev–Trinajstić information content (AvgIpc) is 3.39. The molecule has 0 saturated carbocycles. The number of aromatic nitrogens is 18. The van der Waals surface area contributed by atoms with Gasteiger partial charge in [-0.1, -0.05) is 142 Å². The van der Waals surface area contributed by atoms with Gasteiger partial charge in [-0.3, -0.25) is 34.5 Å². The van der Waals surface area contributed by atoms with Crippen LogP contribution in [0.4, 0.5) is 0 Å². The minimum absolute atomic E-state index is 0. The van der Waals surface area contributed by atoms with E-state index in [9.17, 15) is 0 Å². The van der Waals surface area contributed by atoms with E-state index in [0.29, 0.717) is 0 Å². The van der Waals surface area contributed by atoms with Crippen LogP contribution in [0.15, 0.2) is 212 Å². The van der Waals surface area contributed by atoms with E-state index in [0.717, 1.165) is 50.0 Å². The number of hydrogen-bond donors (Lipinski definition) is 0. The Bertz CT molecular complexity index is 4290. The Hall–Kier alpha value is -8.89. The summed E-state index contributed by atoms with van der Waals surface area (Å²) in [7, 11) is 7.69. The number of imidazole rings is 4. The van der Waals surface area contributed by atoms with E-state index in [2.05, 4.69) is 158 Å². The molecule has 0 fully saturated rings. The van der Waals surface area contributed by atoms with Gasteiger partial charge in [0, 0.05) is 153 Å². The van der Waals surface area contributed by atoms with E-state index in [-0.39, 0.29) is 60.3 Å². The molecule has 3 aromatic carbocycles. The van der Waals surface area contributed by atoms with E-state index < -0.39 is 0 Å². The molecule has 12 heterocycles. The van der Waals surface area contributed by atoms with Crippen LogP contribution in [0.3, 0.4) is 0 Å². The molecule has 0 amide bonds. The molecule has 0 N–H and O–H groups in total. The second kappa shape index (κ2) is 32.9. The Morgan fingerprint density at radius 2 is 1.29 bits per heavy atom. The van der Waals surface area contributed by atoms with Gasteiger partial charge in [-0.25, -0.2) is 39.5 Å². The average molecular weight is 1750 g/mol. The SMILES string of the molecule is Cc1cccc(C)c1-c1c[c-]n(-c2nccn2C)c1.Cc1cccc(C)c1C1=N[N+](=c2[n-]ccn2C)[C-]=C1.Cn1[c-]c(-n2cccn2)cn1.Cn1cnc(-n2[c-]ncc2-c2ccccc2)c1.[Ir+3].[Ir].[Ir].[c-]1ccsc1-n1cccn1.[c-]1ncsc1-n1cccn1. The fourth-order valence-corrected chi connectivity index (χ4v) is 9.97. The van der Waals surface area contributed by atoms with Gasteiger partial charge < -0.3 is 42.2 Å². The first-order chi connectivity index (χ1) is 42.0. The molecule has 14 aromatic rings. The van der Waals surface area contributed by atoms with Gasteiger partial charge in [0.2, 0.25) is 0 Å². The summed E-state index contributed by atoms with van der Waals surface area (Å²) in [6, 6.07) is 35.3. The van der Waals surface area contributed by atoms with Crippen LogP contribution in [0.5, 0.6) is 0 Å². The zero-order valence-corrected chi connectivity index (χ0v) is 58.2. The maximum Gasteiger partial charge on any atom is 3.00 e. The summed E-state index contributed by atoms with van der Waals surface area (Å²) < 4.78 is 18.1. The number of benzene rings is 3. The van der Waals surface area contributed by atoms with Crippen LogP contribution in [0.1, 0.15) is 27.8 Å². The van der Waals surface area contributed by atoms with Crippen molar-refractivity contribution < 1.29 is 60.3 Å². The quantitative estimate of drug-likeness (QED) is 0.106. The molecular formula is C64H58Ir3N20S2-3. The number of aryl methyl sites for hydroxylation is 8. The summed E-state index contributed by atoms with van der Waals surface area (Å²) in [4.78, 5) is 20.8. The van der Waals surface area contributed by atoms with E-state index >= 15 is 0 Å². The molecule has 15 rings (SSSR count). The Morgan fingerprint density at radius 3 is 1.84 bits per heavy atom. The molecule has 0 aliphatic carbocycles. The van der Waals surface area contributed by atoms with Gasteiger partial charge in [-0.05, 0) is 57.2 Å². The number of thiazole rings is 1. The number of nitrogens with zero attached hydrogens (tertiary/aromatic N) is 20. The van der Waals surface area contributed by atoms with Crippen molar-refractivity contribution >= 4 is 28.4 Å². The number of rotatable bonds is 8. The van der Waals surface area contributed by atoms with Crippen LogP contribution >= 0.6 is 22.7 Å². The first kappa shape index (κ1) is 67.6. The topological polar surface area (TPSA) is 177 Å². The first-order valence-electron chi connectivity index (χ1n) is 26.8. The Morgan fingerprint density at radius 1 is 0.618 bits per heavy atom. The molecule has 1 aliphatic heterocycles. The summed E-state index contributed by atoms with van der Waals surface area (Å²) in [5, 5.41) is 24.6. The summed E-state index contributed by atoms with van der Waals surface area (Å²) >= 11 is 3.14. The van der Waals surface area contributed by atoms with Gasteiger partial charge >= 0.3 is 20.1 Å². The van der Waals surface area contributed by atoms with Crippen LogP contribution in [0, 0.1) is 64.9 Å². The summed E-state index contributed by atoms with van der Waals surface area (Å²) in [5.41, 5.74) is 15.0. The smallest absolute Gasteiger partial charge is 0.446 e. The van der Waals surface area contributed by atoms with Gasteiger partial charge in [0.25, 0.3) is 0 Å². The van der Waals surface area contributed by atoms with Crippen molar-refractivity contribution in [1.29, 1.82) is 0 Å². The second-order valence-electron chi connectivity index (χ2n) is 19.1. The molecular weight excluding hydrogens is 1690 g/mol. The number of hydrogen-bond acceptors (Lipinski definition) is 11. The van der Waals surface area contributed by atoms with Gasteiger partial charge in [0.1, 0.15) is 11.6 Å². The molecule has 89 heavy (non-hydrogen) atoms. The van der Waals surface area contributed by atoms with Crippen molar-refractivity contribution in [1.82, 2.24) is 91.6 Å². The van der Waals surface area contributed by atoms with Crippen LogP contribution in [-0.2, 0) is 88.5 Å². The third-order valence-corrected chi connectivity index (χ3v) is 14.4. The van der Waals surface area contributed by atoms with Crippen molar-refractivity contribution in [2.45, 2.75) is 27.7 Å². The van der Waals surface area contributed by atoms with Gasteiger partial charge in [0.15, 0.2) is 0 Å².